The van der Waals surface area contributed by atoms with Crippen molar-refractivity contribution in [3.8, 4) is 0 Å². The van der Waals surface area contributed by atoms with Crippen molar-refractivity contribution in [2.75, 3.05) is 0 Å². The van der Waals surface area contributed by atoms with Crippen LogP contribution in [-0.4, -0.2) is 10.4 Å². The summed E-state index contributed by atoms with van der Waals surface area (Å²) < 4.78 is 2.44. The van der Waals surface area contributed by atoms with E-state index < -0.39 is 0 Å². The topological polar surface area (TPSA) is 22.0 Å². The standard InChI is InChI=1S/C12H15NO/c1-8(14)11-7-10-4-2-3-9-5-6-12(11)13(9)10/h7,9H,2-6H2,1H3. The van der Waals surface area contributed by atoms with Crippen LogP contribution >= 0.6 is 0 Å². The maximum absolute atomic E-state index is 11.4. The molecule has 0 N–H and O–H groups in total. The number of carbonyl (C=O) groups excluding carboxylic acids is 1. The Morgan fingerprint density at radius 2 is 2.29 bits per heavy atom. The highest BCUT2D eigenvalue weighted by Gasteiger charge is 2.30. The third-order valence-corrected chi connectivity index (χ3v) is 3.65. The molecule has 0 bridgehead atoms. The van der Waals surface area contributed by atoms with Crippen LogP contribution in [0.4, 0.5) is 0 Å². The summed E-state index contributed by atoms with van der Waals surface area (Å²) in [7, 11) is 0. The van der Waals surface area contributed by atoms with Gasteiger partial charge in [-0.15, -0.1) is 0 Å². The Labute approximate surface area is 83.9 Å². The highest BCUT2D eigenvalue weighted by Crippen LogP contribution is 2.38. The largest absolute Gasteiger partial charge is 0.345 e. The lowest BCUT2D eigenvalue weighted by atomic mass is 10.00. The third-order valence-electron chi connectivity index (χ3n) is 3.65. The van der Waals surface area contributed by atoms with Crippen LogP contribution in [0.1, 0.15) is 54.0 Å². The lowest BCUT2D eigenvalue weighted by Crippen LogP contribution is -2.13. The van der Waals surface area contributed by atoms with Gasteiger partial charge in [-0.25, -0.2) is 0 Å². The van der Waals surface area contributed by atoms with Crippen LogP contribution in [0.15, 0.2) is 6.07 Å². The highest BCUT2D eigenvalue weighted by molar-refractivity contribution is 5.95. The van der Waals surface area contributed by atoms with Crippen molar-refractivity contribution in [2.45, 2.75) is 45.1 Å². The van der Waals surface area contributed by atoms with Crippen LogP contribution in [0.3, 0.4) is 0 Å². The van der Waals surface area contributed by atoms with E-state index in [9.17, 15) is 4.79 Å². The van der Waals surface area contributed by atoms with Crippen LogP contribution < -0.4 is 0 Å². The monoisotopic (exact) mass is 189 g/mol. The second kappa shape index (κ2) is 2.72. The summed E-state index contributed by atoms with van der Waals surface area (Å²) in [5, 5.41) is 0. The normalized spacial score (nSPS) is 23.6. The number of aryl methyl sites for hydroxylation is 1. The van der Waals surface area contributed by atoms with E-state index in [1.165, 1.54) is 30.7 Å². The molecule has 0 spiro atoms. The van der Waals surface area contributed by atoms with Crippen molar-refractivity contribution in [3.63, 3.8) is 0 Å². The number of ketones is 1. The predicted molar refractivity (Wildman–Crippen MR) is 54.7 cm³/mol. The van der Waals surface area contributed by atoms with Gasteiger partial charge in [-0.05, 0) is 45.1 Å². The van der Waals surface area contributed by atoms with Gasteiger partial charge in [-0.1, -0.05) is 0 Å². The Bertz CT molecular complexity index is 403. The van der Waals surface area contributed by atoms with Gasteiger partial charge in [0.2, 0.25) is 0 Å². The van der Waals surface area contributed by atoms with Gasteiger partial charge >= 0.3 is 0 Å². The zero-order valence-corrected chi connectivity index (χ0v) is 8.55. The number of aromatic nitrogens is 1. The Kier molecular flexibility index (Phi) is 1.61. The molecule has 0 aromatic carbocycles. The van der Waals surface area contributed by atoms with Crippen LogP contribution in [0.5, 0.6) is 0 Å². The van der Waals surface area contributed by atoms with Crippen LogP contribution in [0.25, 0.3) is 0 Å². The molecule has 1 aromatic heterocycles. The van der Waals surface area contributed by atoms with Gasteiger partial charge in [0, 0.05) is 23.0 Å². The molecule has 1 unspecified atom stereocenters. The molecule has 0 aliphatic carbocycles. The van der Waals surface area contributed by atoms with Gasteiger partial charge in [0.1, 0.15) is 0 Å². The Morgan fingerprint density at radius 3 is 3.07 bits per heavy atom. The minimum Gasteiger partial charge on any atom is -0.345 e. The average molecular weight is 189 g/mol. The van der Waals surface area contributed by atoms with Crippen molar-refractivity contribution >= 4 is 5.78 Å². The van der Waals surface area contributed by atoms with Gasteiger partial charge in [0.25, 0.3) is 0 Å². The summed E-state index contributed by atoms with van der Waals surface area (Å²) in [5.74, 6) is 0.238. The first-order valence-corrected chi connectivity index (χ1v) is 5.51. The van der Waals surface area contributed by atoms with E-state index in [-0.39, 0.29) is 5.78 Å². The lowest BCUT2D eigenvalue weighted by molar-refractivity contribution is 0.101. The second-order valence-corrected chi connectivity index (χ2v) is 4.51. The molecule has 3 heterocycles. The SMILES string of the molecule is CC(=O)c1cc2n3c1CCC3CCC2. The number of rotatable bonds is 1. The number of hydrogen-bond donors (Lipinski definition) is 0. The summed E-state index contributed by atoms with van der Waals surface area (Å²) >= 11 is 0. The minimum absolute atomic E-state index is 0.238. The average Bonchev–Trinajstić information content (AvgIpc) is 2.72. The quantitative estimate of drug-likeness (QED) is 0.622. The molecule has 74 valence electrons. The fraction of sp³-hybridized carbons (Fsp3) is 0.583. The summed E-state index contributed by atoms with van der Waals surface area (Å²) in [6.07, 6.45) is 6.14. The molecule has 3 rings (SSSR count). The Morgan fingerprint density at radius 1 is 1.43 bits per heavy atom. The predicted octanol–water partition coefficient (Wildman–Crippen LogP) is 2.51. The maximum Gasteiger partial charge on any atom is 0.161 e. The van der Waals surface area contributed by atoms with Crippen LogP contribution in [0.2, 0.25) is 0 Å². The molecule has 14 heavy (non-hydrogen) atoms. The molecule has 0 fully saturated rings. The first kappa shape index (κ1) is 8.27. The number of Topliss-reactive ketones (excluding diaryl/α,β-unsaturated/α-hetero) is 1. The van der Waals surface area contributed by atoms with Crippen molar-refractivity contribution in [3.05, 3.63) is 23.0 Å². The highest BCUT2D eigenvalue weighted by atomic mass is 16.1. The molecule has 1 aromatic rings. The summed E-state index contributed by atoms with van der Waals surface area (Å²) in [6.45, 7) is 1.69. The molecular weight excluding hydrogens is 174 g/mol. The van der Waals surface area contributed by atoms with E-state index in [1.807, 2.05) is 0 Å². The zero-order chi connectivity index (χ0) is 9.71. The van der Waals surface area contributed by atoms with Gasteiger partial charge in [0.15, 0.2) is 5.78 Å². The van der Waals surface area contributed by atoms with Gasteiger partial charge in [-0.2, -0.15) is 0 Å². The smallest absolute Gasteiger partial charge is 0.161 e. The molecule has 1 atom stereocenters. The lowest BCUT2D eigenvalue weighted by Gasteiger charge is -2.21. The first-order chi connectivity index (χ1) is 6.77. The van der Waals surface area contributed by atoms with E-state index in [0.29, 0.717) is 6.04 Å². The van der Waals surface area contributed by atoms with E-state index in [0.717, 1.165) is 18.4 Å². The Balaban J connectivity index is 2.20. The molecule has 0 saturated heterocycles. The fourth-order valence-corrected chi connectivity index (χ4v) is 3.05. The molecule has 2 nitrogen and oxygen atoms in total. The first-order valence-electron chi connectivity index (χ1n) is 5.51. The van der Waals surface area contributed by atoms with Gasteiger partial charge in [0.05, 0.1) is 0 Å². The van der Waals surface area contributed by atoms with Crippen molar-refractivity contribution in [1.82, 2.24) is 4.57 Å². The van der Waals surface area contributed by atoms with Crippen molar-refractivity contribution < 1.29 is 4.79 Å². The second-order valence-electron chi connectivity index (χ2n) is 4.51. The van der Waals surface area contributed by atoms with Gasteiger partial charge in [-0.3, -0.25) is 4.79 Å². The molecule has 0 radical (unpaired) electrons. The Hall–Kier alpha value is -1.05. The molecular formula is C12H15NO. The zero-order valence-electron chi connectivity index (χ0n) is 8.55. The van der Waals surface area contributed by atoms with E-state index in [4.69, 9.17) is 0 Å². The van der Waals surface area contributed by atoms with Crippen molar-refractivity contribution in [1.29, 1.82) is 0 Å². The van der Waals surface area contributed by atoms with Crippen LogP contribution in [-0.2, 0) is 12.8 Å². The summed E-state index contributed by atoms with van der Waals surface area (Å²) in [6, 6.07) is 2.84. The third kappa shape index (κ3) is 0.941. The van der Waals surface area contributed by atoms with E-state index in [1.54, 1.807) is 6.92 Å². The number of hydrogen-bond acceptors (Lipinski definition) is 1. The molecule has 2 aliphatic heterocycles. The van der Waals surface area contributed by atoms with E-state index in [2.05, 4.69) is 10.6 Å². The number of carbonyl (C=O) groups is 1. The molecule has 0 saturated carbocycles. The summed E-state index contributed by atoms with van der Waals surface area (Å²) in [4.78, 5) is 11.4. The van der Waals surface area contributed by atoms with Crippen molar-refractivity contribution in [2.24, 2.45) is 0 Å². The molecule has 0 amide bonds. The van der Waals surface area contributed by atoms with E-state index >= 15 is 0 Å². The minimum atomic E-state index is 0.238. The fourth-order valence-electron chi connectivity index (χ4n) is 3.05. The maximum atomic E-state index is 11.4. The molecule has 2 aliphatic rings. The number of nitrogens with zero attached hydrogens (tertiary/aromatic N) is 1. The van der Waals surface area contributed by atoms with Gasteiger partial charge < -0.3 is 4.57 Å². The summed E-state index contributed by atoms with van der Waals surface area (Å²) in [5.41, 5.74) is 3.71. The molecule has 2 heteroatoms. The van der Waals surface area contributed by atoms with Crippen LogP contribution in [0, 0.1) is 0 Å².